The third-order valence-electron chi connectivity index (χ3n) is 6.78. The fraction of sp³-hybridized carbons (Fsp3) is 0.290. The minimum atomic E-state index is -0.731. The largest absolute Gasteiger partial charge is 0.490 e. The van der Waals surface area contributed by atoms with E-state index in [0.717, 1.165) is 29.3 Å². The van der Waals surface area contributed by atoms with Gasteiger partial charge in [0.2, 0.25) is 5.76 Å². The number of benzene rings is 3. The number of unbranched alkanes of at least 4 members (excludes halogenated alkanes) is 2. The molecule has 1 atom stereocenters. The van der Waals surface area contributed by atoms with E-state index >= 15 is 0 Å². The Kier molecular flexibility index (Phi) is 8.02. The number of carbonyl (C=O) groups is 1. The molecule has 0 aliphatic carbocycles. The summed E-state index contributed by atoms with van der Waals surface area (Å²) in [5.41, 5.74) is 1.75. The SMILES string of the molecule is CCCCCOc1ccc(C2c3c(oc4ccc(Br)cc4c3=O)C(=O)N2Cc2ccc(F)cc2)cc1OCC. The second kappa shape index (κ2) is 11.6. The maximum Gasteiger partial charge on any atom is 0.291 e. The minimum absolute atomic E-state index is 0.0137. The van der Waals surface area contributed by atoms with Crippen LogP contribution in [-0.2, 0) is 6.54 Å². The number of hydrogen-bond donors (Lipinski definition) is 0. The van der Waals surface area contributed by atoms with E-state index < -0.39 is 11.9 Å². The van der Waals surface area contributed by atoms with Gasteiger partial charge in [0.15, 0.2) is 16.9 Å². The number of fused-ring (bicyclic) bond motifs is 2. The maximum absolute atomic E-state index is 13.9. The molecule has 1 unspecified atom stereocenters. The Hall–Kier alpha value is -3.65. The lowest BCUT2D eigenvalue weighted by atomic mass is 9.97. The van der Waals surface area contributed by atoms with Crippen LogP contribution in [0.25, 0.3) is 11.0 Å². The molecule has 0 spiro atoms. The van der Waals surface area contributed by atoms with Gasteiger partial charge < -0.3 is 18.8 Å². The summed E-state index contributed by atoms with van der Waals surface area (Å²) >= 11 is 3.43. The van der Waals surface area contributed by atoms with Crippen molar-refractivity contribution in [2.45, 2.75) is 45.7 Å². The Bertz CT molecular complexity index is 1570. The van der Waals surface area contributed by atoms with E-state index in [4.69, 9.17) is 13.9 Å². The van der Waals surface area contributed by atoms with Gasteiger partial charge in [-0.2, -0.15) is 0 Å². The monoisotopic (exact) mass is 593 g/mol. The van der Waals surface area contributed by atoms with E-state index in [1.807, 2.05) is 25.1 Å². The molecule has 6 nitrogen and oxygen atoms in total. The highest BCUT2D eigenvalue weighted by Gasteiger charge is 2.43. The Morgan fingerprint density at radius 2 is 1.74 bits per heavy atom. The summed E-state index contributed by atoms with van der Waals surface area (Å²) in [6.45, 7) is 5.18. The van der Waals surface area contributed by atoms with Crippen LogP contribution in [0, 0.1) is 5.82 Å². The van der Waals surface area contributed by atoms with Gasteiger partial charge in [-0.05, 0) is 66.9 Å². The minimum Gasteiger partial charge on any atom is -0.490 e. The molecule has 0 saturated carbocycles. The van der Waals surface area contributed by atoms with Crippen molar-refractivity contribution in [3.05, 3.63) is 104 Å². The zero-order chi connectivity index (χ0) is 27.5. The molecular weight excluding hydrogens is 565 g/mol. The molecule has 0 N–H and O–H groups in total. The smallest absolute Gasteiger partial charge is 0.291 e. The molecule has 4 aromatic rings. The van der Waals surface area contributed by atoms with Gasteiger partial charge in [-0.25, -0.2) is 4.39 Å². The second-order valence-electron chi connectivity index (χ2n) is 9.47. The molecule has 2 heterocycles. The molecule has 1 aromatic heterocycles. The van der Waals surface area contributed by atoms with Gasteiger partial charge in [0.25, 0.3) is 5.91 Å². The van der Waals surface area contributed by atoms with Crippen molar-refractivity contribution in [2.75, 3.05) is 13.2 Å². The third-order valence-corrected chi connectivity index (χ3v) is 7.28. The summed E-state index contributed by atoms with van der Waals surface area (Å²) in [7, 11) is 0. The second-order valence-corrected chi connectivity index (χ2v) is 10.4. The average molecular weight is 594 g/mol. The first-order valence-electron chi connectivity index (χ1n) is 13.1. The maximum atomic E-state index is 13.9. The molecule has 5 rings (SSSR count). The van der Waals surface area contributed by atoms with E-state index in [1.165, 1.54) is 12.1 Å². The number of ether oxygens (including phenoxy) is 2. The number of halogens is 2. The van der Waals surface area contributed by atoms with Gasteiger partial charge in [-0.3, -0.25) is 9.59 Å². The van der Waals surface area contributed by atoms with Crippen LogP contribution in [0.3, 0.4) is 0 Å². The van der Waals surface area contributed by atoms with E-state index in [9.17, 15) is 14.0 Å². The van der Waals surface area contributed by atoms with Crippen molar-refractivity contribution < 1.29 is 23.1 Å². The summed E-state index contributed by atoms with van der Waals surface area (Å²) in [5, 5.41) is 0.380. The lowest BCUT2D eigenvalue weighted by molar-refractivity contribution is 0.0714. The molecule has 39 heavy (non-hydrogen) atoms. The molecule has 1 aliphatic rings. The van der Waals surface area contributed by atoms with Gasteiger partial charge in [0.1, 0.15) is 11.4 Å². The van der Waals surface area contributed by atoms with Crippen molar-refractivity contribution in [1.82, 2.24) is 4.90 Å². The Balaban J connectivity index is 1.63. The van der Waals surface area contributed by atoms with Crippen molar-refractivity contribution in [1.29, 1.82) is 0 Å². The zero-order valence-corrected chi connectivity index (χ0v) is 23.4. The summed E-state index contributed by atoms with van der Waals surface area (Å²) < 4.78 is 32.3. The number of amides is 1. The molecule has 1 aliphatic heterocycles. The van der Waals surface area contributed by atoms with Crippen LogP contribution in [0.4, 0.5) is 4.39 Å². The normalized spacial score (nSPS) is 14.6. The molecule has 0 saturated heterocycles. The molecule has 3 aromatic carbocycles. The van der Waals surface area contributed by atoms with Crippen molar-refractivity contribution in [2.24, 2.45) is 0 Å². The first-order valence-corrected chi connectivity index (χ1v) is 13.9. The van der Waals surface area contributed by atoms with Gasteiger partial charge in [-0.1, -0.05) is 53.9 Å². The molecule has 0 fully saturated rings. The Morgan fingerprint density at radius 3 is 2.49 bits per heavy atom. The van der Waals surface area contributed by atoms with E-state index in [1.54, 1.807) is 35.2 Å². The lowest BCUT2D eigenvalue weighted by Gasteiger charge is -2.26. The van der Waals surface area contributed by atoms with E-state index in [0.29, 0.717) is 41.2 Å². The summed E-state index contributed by atoms with van der Waals surface area (Å²) in [6.07, 6.45) is 3.10. The Labute approximate surface area is 234 Å². The van der Waals surface area contributed by atoms with E-state index in [-0.39, 0.29) is 29.1 Å². The topological polar surface area (TPSA) is 69.0 Å². The van der Waals surface area contributed by atoms with Crippen LogP contribution in [0.1, 0.15) is 66.4 Å². The van der Waals surface area contributed by atoms with Crippen molar-refractivity contribution in [3.63, 3.8) is 0 Å². The predicted octanol–water partition coefficient (Wildman–Crippen LogP) is 7.41. The quantitative estimate of drug-likeness (QED) is 0.179. The van der Waals surface area contributed by atoms with Crippen LogP contribution in [0.2, 0.25) is 0 Å². The highest BCUT2D eigenvalue weighted by molar-refractivity contribution is 9.10. The highest BCUT2D eigenvalue weighted by atomic mass is 79.9. The Morgan fingerprint density at radius 1 is 0.949 bits per heavy atom. The summed E-state index contributed by atoms with van der Waals surface area (Å²) in [6, 6.07) is 15.9. The number of hydrogen-bond acceptors (Lipinski definition) is 5. The van der Waals surface area contributed by atoms with Crippen LogP contribution in [0.15, 0.2) is 74.3 Å². The average Bonchev–Trinajstić information content (AvgIpc) is 3.20. The summed E-state index contributed by atoms with van der Waals surface area (Å²) in [5.74, 6) is 0.401. The number of carbonyl (C=O) groups excluding carboxylic acids is 1. The van der Waals surface area contributed by atoms with Gasteiger partial charge in [0.05, 0.1) is 30.2 Å². The fourth-order valence-electron chi connectivity index (χ4n) is 4.91. The highest BCUT2D eigenvalue weighted by Crippen LogP contribution is 2.42. The molecule has 202 valence electrons. The zero-order valence-electron chi connectivity index (χ0n) is 21.8. The first kappa shape index (κ1) is 26.9. The predicted molar refractivity (Wildman–Crippen MR) is 151 cm³/mol. The standard InChI is InChI=1S/C31H29BrFNO5/c1-3-5-6-15-38-25-13-9-20(16-26(25)37-4-2)28-27-29(35)23-17-21(32)10-14-24(23)39-30(27)31(36)34(28)18-19-7-11-22(33)12-8-19/h7-14,16-17,28H,3-6,15,18H2,1-2H3. The van der Waals surface area contributed by atoms with Gasteiger partial charge >= 0.3 is 0 Å². The van der Waals surface area contributed by atoms with Crippen LogP contribution < -0.4 is 14.9 Å². The van der Waals surface area contributed by atoms with Gasteiger partial charge in [0, 0.05) is 11.0 Å². The van der Waals surface area contributed by atoms with Gasteiger partial charge in [-0.15, -0.1) is 0 Å². The van der Waals surface area contributed by atoms with Crippen LogP contribution in [0.5, 0.6) is 11.5 Å². The molecular formula is C31H29BrFNO5. The first-order chi connectivity index (χ1) is 18.9. The molecule has 8 heteroatoms. The molecule has 1 amide bonds. The van der Waals surface area contributed by atoms with Crippen LogP contribution in [-0.4, -0.2) is 24.0 Å². The number of nitrogens with zero attached hydrogens (tertiary/aromatic N) is 1. The molecule has 0 radical (unpaired) electrons. The van der Waals surface area contributed by atoms with Crippen molar-refractivity contribution >= 4 is 32.8 Å². The van der Waals surface area contributed by atoms with E-state index in [2.05, 4.69) is 22.9 Å². The summed E-state index contributed by atoms with van der Waals surface area (Å²) in [4.78, 5) is 29.2. The fourth-order valence-corrected chi connectivity index (χ4v) is 5.27. The lowest BCUT2D eigenvalue weighted by Crippen LogP contribution is -2.29. The third kappa shape index (κ3) is 5.43. The van der Waals surface area contributed by atoms with Crippen molar-refractivity contribution in [3.8, 4) is 11.5 Å². The molecule has 0 bridgehead atoms. The van der Waals surface area contributed by atoms with Crippen LogP contribution >= 0.6 is 15.9 Å². The number of rotatable bonds is 10.